The Morgan fingerprint density at radius 2 is 2.31 bits per heavy atom. The zero-order valence-corrected chi connectivity index (χ0v) is 6.75. The van der Waals surface area contributed by atoms with Crippen LogP contribution in [0.15, 0.2) is 28.9 Å². The van der Waals surface area contributed by atoms with E-state index in [-0.39, 0.29) is 17.8 Å². The molecule has 2 rings (SSSR count). The lowest BCUT2D eigenvalue weighted by atomic mass is 10.1. The molecule has 0 saturated carbocycles. The molecule has 0 radical (unpaired) electrons. The van der Waals surface area contributed by atoms with E-state index in [0.29, 0.717) is 5.39 Å². The molecule has 0 aliphatic rings. The molecule has 0 aliphatic carbocycles. The molecule has 3 heteroatoms. The van der Waals surface area contributed by atoms with Crippen LogP contribution >= 0.6 is 0 Å². The van der Waals surface area contributed by atoms with Crippen LogP contribution in [0.3, 0.4) is 0 Å². The second-order valence-corrected chi connectivity index (χ2v) is 2.71. The van der Waals surface area contributed by atoms with Crippen molar-refractivity contribution >= 4 is 11.0 Å². The van der Waals surface area contributed by atoms with Gasteiger partial charge in [0.25, 0.3) is 0 Å². The highest BCUT2D eigenvalue weighted by atomic mass is 19.1. The normalized spacial score (nSPS) is 10.2. The lowest BCUT2D eigenvalue weighted by molar-refractivity contribution is 0.559. The van der Waals surface area contributed by atoms with Crippen LogP contribution in [0, 0.1) is 17.1 Å². The summed E-state index contributed by atoms with van der Waals surface area (Å²) in [4.78, 5) is 0. The summed E-state index contributed by atoms with van der Waals surface area (Å²) in [6.07, 6.45) is 1.67. The van der Waals surface area contributed by atoms with Gasteiger partial charge in [-0.3, -0.25) is 0 Å². The quantitative estimate of drug-likeness (QED) is 0.668. The van der Waals surface area contributed by atoms with Crippen LogP contribution in [-0.2, 0) is 6.42 Å². The monoisotopic (exact) mass is 175 g/mol. The minimum atomic E-state index is -0.387. The molecule has 1 aromatic carbocycles. The van der Waals surface area contributed by atoms with Gasteiger partial charge in [-0.05, 0) is 6.07 Å². The number of benzene rings is 1. The van der Waals surface area contributed by atoms with E-state index < -0.39 is 0 Å². The number of para-hydroxylation sites is 1. The lowest BCUT2D eigenvalue weighted by Crippen LogP contribution is -1.78. The number of nitrogens with zero attached hydrogens (tertiary/aromatic N) is 1. The second kappa shape index (κ2) is 2.91. The fraction of sp³-hybridized carbons (Fsp3) is 0.100. The molecular formula is C10H6FNO. The molecule has 2 nitrogen and oxygen atoms in total. The average molecular weight is 175 g/mol. The van der Waals surface area contributed by atoms with Crippen molar-refractivity contribution in [3.8, 4) is 6.07 Å². The molecule has 64 valence electrons. The van der Waals surface area contributed by atoms with Gasteiger partial charge in [0, 0.05) is 10.9 Å². The SMILES string of the molecule is N#CCc1coc2c(F)cccc12. The first-order valence-corrected chi connectivity index (χ1v) is 3.84. The number of furan rings is 1. The zero-order chi connectivity index (χ0) is 9.26. The van der Waals surface area contributed by atoms with Crippen molar-refractivity contribution in [3.05, 3.63) is 35.8 Å². The van der Waals surface area contributed by atoms with Crippen LogP contribution in [0.5, 0.6) is 0 Å². The highest BCUT2D eigenvalue weighted by Gasteiger charge is 2.08. The van der Waals surface area contributed by atoms with E-state index in [1.807, 2.05) is 6.07 Å². The van der Waals surface area contributed by atoms with Gasteiger partial charge in [-0.1, -0.05) is 12.1 Å². The molecule has 1 aromatic heterocycles. The van der Waals surface area contributed by atoms with Crippen molar-refractivity contribution in [1.29, 1.82) is 5.26 Å². The molecule has 1 heterocycles. The molecule has 0 amide bonds. The topological polar surface area (TPSA) is 36.9 Å². The Balaban J connectivity index is 2.70. The van der Waals surface area contributed by atoms with Crippen LogP contribution in [0.2, 0.25) is 0 Å². The van der Waals surface area contributed by atoms with Crippen LogP contribution in [0.4, 0.5) is 4.39 Å². The summed E-state index contributed by atoms with van der Waals surface area (Å²) in [5, 5.41) is 9.16. The predicted molar refractivity (Wildman–Crippen MR) is 45.5 cm³/mol. The molecule has 0 atom stereocenters. The Morgan fingerprint density at radius 1 is 1.46 bits per heavy atom. The maximum atomic E-state index is 13.1. The minimum Gasteiger partial charge on any atom is -0.461 e. The Morgan fingerprint density at radius 3 is 3.08 bits per heavy atom. The van der Waals surface area contributed by atoms with E-state index in [1.54, 1.807) is 12.1 Å². The first kappa shape index (κ1) is 7.81. The molecule has 0 N–H and O–H groups in total. The van der Waals surface area contributed by atoms with E-state index >= 15 is 0 Å². The molecule has 0 fully saturated rings. The highest BCUT2D eigenvalue weighted by Crippen LogP contribution is 2.23. The van der Waals surface area contributed by atoms with E-state index in [0.717, 1.165) is 5.56 Å². The summed E-state index contributed by atoms with van der Waals surface area (Å²) >= 11 is 0. The highest BCUT2D eigenvalue weighted by molar-refractivity contribution is 5.81. The van der Waals surface area contributed by atoms with Gasteiger partial charge in [-0.15, -0.1) is 0 Å². The van der Waals surface area contributed by atoms with Gasteiger partial charge in [0.15, 0.2) is 11.4 Å². The molecule has 0 bridgehead atoms. The molecule has 0 saturated heterocycles. The molecular weight excluding hydrogens is 169 g/mol. The smallest absolute Gasteiger partial charge is 0.169 e. The minimum absolute atomic E-state index is 0.229. The first-order chi connectivity index (χ1) is 6.33. The van der Waals surface area contributed by atoms with Crippen LogP contribution < -0.4 is 0 Å². The van der Waals surface area contributed by atoms with Gasteiger partial charge >= 0.3 is 0 Å². The second-order valence-electron chi connectivity index (χ2n) is 2.71. The van der Waals surface area contributed by atoms with Gasteiger partial charge < -0.3 is 4.42 Å². The Bertz CT molecular complexity index is 481. The standard InChI is InChI=1S/C10H6FNO/c11-9-3-1-2-8-7(4-5-12)6-13-10(8)9/h1-3,6H,4H2. The summed E-state index contributed by atoms with van der Waals surface area (Å²) in [7, 11) is 0. The number of fused-ring (bicyclic) bond motifs is 1. The first-order valence-electron chi connectivity index (χ1n) is 3.84. The van der Waals surface area contributed by atoms with Gasteiger partial charge in [0.05, 0.1) is 18.8 Å². The number of rotatable bonds is 1. The average Bonchev–Trinajstić information content (AvgIpc) is 2.51. The molecule has 2 aromatic rings. The van der Waals surface area contributed by atoms with Crippen molar-refractivity contribution in [2.75, 3.05) is 0 Å². The van der Waals surface area contributed by atoms with E-state index in [4.69, 9.17) is 9.68 Å². The van der Waals surface area contributed by atoms with Crippen LogP contribution in [0.25, 0.3) is 11.0 Å². The van der Waals surface area contributed by atoms with Crippen molar-refractivity contribution in [3.63, 3.8) is 0 Å². The van der Waals surface area contributed by atoms with Gasteiger partial charge in [-0.25, -0.2) is 4.39 Å². The molecule has 0 unspecified atom stereocenters. The fourth-order valence-electron chi connectivity index (χ4n) is 1.30. The predicted octanol–water partition coefficient (Wildman–Crippen LogP) is 2.64. The van der Waals surface area contributed by atoms with Crippen LogP contribution in [-0.4, -0.2) is 0 Å². The number of hydrogen-bond acceptors (Lipinski definition) is 2. The fourth-order valence-corrected chi connectivity index (χ4v) is 1.30. The third-order valence-corrected chi connectivity index (χ3v) is 1.90. The van der Waals surface area contributed by atoms with E-state index in [2.05, 4.69) is 0 Å². The third kappa shape index (κ3) is 1.17. The summed E-state index contributed by atoms with van der Waals surface area (Å²) in [6.45, 7) is 0. The Labute approximate surface area is 74.2 Å². The van der Waals surface area contributed by atoms with Gasteiger partial charge in [0.2, 0.25) is 0 Å². The summed E-state index contributed by atoms with van der Waals surface area (Å²) in [5.41, 5.74) is 0.963. The van der Waals surface area contributed by atoms with E-state index in [1.165, 1.54) is 12.3 Å². The van der Waals surface area contributed by atoms with Gasteiger partial charge in [-0.2, -0.15) is 5.26 Å². The van der Waals surface area contributed by atoms with Crippen molar-refractivity contribution in [1.82, 2.24) is 0 Å². The molecule has 0 aliphatic heterocycles. The number of hydrogen-bond donors (Lipinski definition) is 0. The van der Waals surface area contributed by atoms with Crippen molar-refractivity contribution < 1.29 is 8.81 Å². The maximum absolute atomic E-state index is 13.1. The maximum Gasteiger partial charge on any atom is 0.169 e. The van der Waals surface area contributed by atoms with E-state index in [9.17, 15) is 4.39 Å². The summed E-state index contributed by atoms with van der Waals surface area (Å²) in [6, 6.07) is 6.68. The number of nitriles is 1. The molecule has 13 heavy (non-hydrogen) atoms. The summed E-state index contributed by atoms with van der Waals surface area (Å²) < 4.78 is 18.1. The third-order valence-electron chi connectivity index (χ3n) is 1.90. The Hall–Kier alpha value is -1.82. The summed E-state index contributed by atoms with van der Waals surface area (Å²) in [5.74, 6) is -0.387. The largest absolute Gasteiger partial charge is 0.461 e. The number of halogens is 1. The molecule has 0 spiro atoms. The van der Waals surface area contributed by atoms with Crippen molar-refractivity contribution in [2.45, 2.75) is 6.42 Å². The Kier molecular flexibility index (Phi) is 1.75. The van der Waals surface area contributed by atoms with Crippen molar-refractivity contribution in [2.24, 2.45) is 0 Å². The lowest BCUT2D eigenvalue weighted by Gasteiger charge is -1.90. The zero-order valence-electron chi connectivity index (χ0n) is 6.75. The van der Waals surface area contributed by atoms with Crippen LogP contribution in [0.1, 0.15) is 5.56 Å². The van der Waals surface area contributed by atoms with Gasteiger partial charge in [0.1, 0.15) is 0 Å².